The zero-order chi connectivity index (χ0) is 12.8. The lowest BCUT2D eigenvalue weighted by Gasteiger charge is -2.21. The van der Waals surface area contributed by atoms with Gasteiger partial charge in [-0.25, -0.2) is 0 Å². The van der Waals surface area contributed by atoms with Crippen LogP contribution in [-0.4, -0.2) is 0 Å². The molecule has 0 heterocycles. The molecule has 0 aromatic heterocycles. The molecule has 0 aliphatic heterocycles. The first-order valence-electron chi connectivity index (χ1n) is 5.84. The van der Waals surface area contributed by atoms with Crippen molar-refractivity contribution in [2.45, 2.75) is 19.0 Å². The molecule has 1 aliphatic rings. The van der Waals surface area contributed by atoms with Crippen LogP contribution in [0.1, 0.15) is 16.7 Å². The lowest BCUT2D eigenvalue weighted by molar-refractivity contribution is -0.137. The summed E-state index contributed by atoms with van der Waals surface area (Å²) in [5.41, 5.74) is 3.22. The van der Waals surface area contributed by atoms with Crippen LogP contribution in [-0.2, 0) is 19.0 Å². The first-order valence-corrected chi connectivity index (χ1v) is 5.84. The monoisotopic (exact) mass is 248 g/mol. The highest BCUT2D eigenvalue weighted by Gasteiger charge is 2.31. The fourth-order valence-electron chi connectivity index (χ4n) is 2.49. The van der Waals surface area contributed by atoms with Crippen molar-refractivity contribution < 1.29 is 13.2 Å². The van der Waals surface area contributed by atoms with Gasteiger partial charge in [0.1, 0.15) is 0 Å². The SMILES string of the molecule is FC(F)(F)c1ccc2c(c1)-c1ccccc1CC2. The highest BCUT2D eigenvalue weighted by molar-refractivity contribution is 5.73. The zero-order valence-corrected chi connectivity index (χ0v) is 9.59. The lowest BCUT2D eigenvalue weighted by atomic mass is 9.85. The van der Waals surface area contributed by atoms with Crippen LogP contribution >= 0.6 is 0 Å². The predicted molar refractivity (Wildman–Crippen MR) is 64.3 cm³/mol. The molecule has 18 heavy (non-hydrogen) atoms. The number of benzene rings is 2. The molecule has 0 saturated heterocycles. The molecular weight excluding hydrogens is 237 g/mol. The van der Waals surface area contributed by atoms with E-state index >= 15 is 0 Å². The summed E-state index contributed by atoms with van der Waals surface area (Å²) in [5.74, 6) is 0. The summed E-state index contributed by atoms with van der Waals surface area (Å²) in [7, 11) is 0. The number of hydrogen-bond donors (Lipinski definition) is 0. The molecule has 2 aromatic carbocycles. The number of alkyl halides is 3. The van der Waals surface area contributed by atoms with Crippen molar-refractivity contribution in [2.24, 2.45) is 0 Å². The van der Waals surface area contributed by atoms with Gasteiger partial charge >= 0.3 is 6.18 Å². The maximum atomic E-state index is 12.7. The van der Waals surface area contributed by atoms with Gasteiger partial charge in [-0.2, -0.15) is 13.2 Å². The summed E-state index contributed by atoms with van der Waals surface area (Å²) < 4.78 is 38.2. The smallest absolute Gasteiger partial charge is 0.166 e. The largest absolute Gasteiger partial charge is 0.416 e. The predicted octanol–water partition coefficient (Wildman–Crippen LogP) is 4.47. The normalized spacial score (nSPS) is 13.9. The van der Waals surface area contributed by atoms with Crippen LogP contribution in [0.15, 0.2) is 42.5 Å². The average Bonchev–Trinajstić information content (AvgIpc) is 2.37. The average molecular weight is 248 g/mol. The fourth-order valence-corrected chi connectivity index (χ4v) is 2.49. The van der Waals surface area contributed by atoms with Gasteiger partial charge in [-0.3, -0.25) is 0 Å². The van der Waals surface area contributed by atoms with E-state index < -0.39 is 11.7 Å². The summed E-state index contributed by atoms with van der Waals surface area (Å²) in [6.45, 7) is 0. The molecule has 0 atom stereocenters. The number of fused-ring (bicyclic) bond motifs is 3. The molecular formula is C15H11F3. The number of rotatable bonds is 0. The van der Waals surface area contributed by atoms with E-state index in [1.807, 2.05) is 24.3 Å². The van der Waals surface area contributed by atoms with Gasteiger partial charge in [0.05, 0.1) is 5.56 Å². The van der Waals surface area contributed by atoms with E-state index in [1.54, 1.807) is 6.07 Å². The summed E-state index contributed by atoms with van der Waals surface area (Å²) >= 11 is 0. The van der Waals surface area contributed by atoms with E-state index in [-0.39, 0.29) is 0 Å². The van der Waals surface area contributed by atoms with Gasteiger partial charge in [-0.1, -0.05) is 30.3 Å². The standard InChI is InChI=1S/C15H11F3/c16-15(17,18)12-8-7-11-6-5-10-3-1-2-4-13(10)14(11)9-12/h1-4,7-9H,5-6H2. The minimum atomic E-state index is -4.28. The van der Waals surface area contributed by atoms with E-state index in [9.17, 15) is 13.2 Å². The third-order valence-electron chi connectivity index (χ3n) is 3.41. The Balaban J connectivity index is 2.19. The van der Waals surface area contributed by atoms with Crippen LogP contribution in [0, 0.1) is 0 Å². The lowest BCUT2D eigenvalue weighted by Crippen LogP contribution is -2.09. The Morgan fingerprint density at radius 3 is 2.17 bits per heavy atom. The Kier molecular flexibility index (Phi) is 2.44. The zero-order valence-electron chi connectivity index (χ0n) is 9.59. The second-order valence-electron chi connectivity index (χ2n) is 4.53. The maximum Gasteiger partial charge on any atom is 0.416 e. The molecule has 1 aliphatic carbocycles. The quantitative estimate of drug-likeness (QED) is 0.645. The van der Waals surface area contributed by atoms with Crippen molar-refractivity contribution in [1.82, 2.24) is 0 Å². The third kappa shape index (κ3) is 1.80. The summed E-state index contributed by atoms with van der Waals surface area (Å²) in [6.07, 6.45) is -2.57. The van der Waals surface area contributed by atoms with E-state index in [2.05, 4.69) is 0 Å². The maximum absolute atomic E-state index is 12.7. The molecule has 0 bridgehead atoms. The molecule has 0 amide bonds. The van der Waals surface area contributed by atoms with Crippen molar-refractivity contribution in [3.63, 3.8) is 0 Å². The Morgan fingerprint density at radius 2 is 1.44 bits per heavy atom. The van der Waals surface area contributed by atoms with Gasteiger partial charge < -0.3 is 0 Å². The Labute approximate surface area is 103 Å². The van der Waals surface area contributed by atoms with E-state index in [0.29, 0.717) is 0 Å². The van der Waals surface area contributed by atoms with Crippen LogP contribution in [0.2, 0.25) is 0 Å². The van der Waals surface area contributed by atoms with E-state index in [0.717, 1.165) is 35.1 Å². The fraction of sp³-hybridized carbons (Fsp3) is 0.200. The number of hydrogen-bond acceptors (Lipinski definition) is 0. The number of aryl methyl sites for hydroxylation is 2. The summed E-state index contributed by atoms with van der Waals surface area (Å²) in [5, 5.41) is 0. The van der Waals surface area contributed by atoms with Crippen molar-refractivity contribution in [3.8, 4) is 11.1 Å². The van der Waals surface area contributed by atoms with Crippen molar-refractivity contribution in [2.75, 3.05) is 0 Å². The molecule has 0 nitrogen and oxygen atoms in total. The molecule has 0 radical (unpaired) electrons. The minimum absolute atomic E-state index is 0.571. The highest BCUT2D eigenvalue weighted by Crippen LogP contribution is 2.38. The van der Waals surface area contributed by atoms with E-state index in [1.165, 1.54) is 12.1 Å². The van der Waals surface area contributed by atoms with Crippen molar-refractivity contribution in [3.05, 3.63) is 59.2 Å². The van der Waals surface area contributed by atoms with Gasteiger partial charge in [0, 0.05) is 0 Å². The van der Waals surface area contributed by atoms with Gasteiger partial charge in [-0.05, 0) is 47.2 Å². The highest BCUT2D eigenvalue weighted by atomic mass is 19.4. The molecule has 0 saturated carbocycles. The Bertz CT molecular complexity index is 597. The molecule has 3 rings (SSSR count). The molecule has 2 aromatic rings. The van der Waals surface area contributed by atoms with Crippen LogP contribution in [0.4, 0.5) is 13.2 Å². The second-order valence-corrected chi connectivity index (χ2v) is 4.53. The van der Waals surface area contributed by atoms with Crippen LogP contribution in [0.5, 0.6) is 0 Å². The van der Waals surface area contributed by atoms with Gasteiger partial charge in [0.25, 0.3) is 0 Å². The van der Waals surface area contributed by atoms with Crippen LogP contribution < -0.4 is 0 Å². The van der Waals surface area contributed by atoms with Crippen molar-refractivity contribution in [1.29, 1.82) is 0 Å². The topological polar surface area (TPSA) is 0 Å². The van der Waals surface area contributed by atoms with Crippen LogP contribution in [0.3, 0.4) is 0 Å². The first kappa shape index (κ1) is 11.3. The third-order valence-corrected chi connectivity index (χ3v) is 3.41. The van der Waals surface area contributed by atoms with Crippen LogP contribution in [0.25, 0.3) is 11.1 Å². The Hall–Kier alpha value is -1.77. The first-order chi connectivity index (χ1) is 8.55. The van der Waals surface area contributed by atoms with Gasteiger partial charge in [0.15, 0.2) is 0 Å². The minimum Gasteiger partial charge on any atom is -0.166 e. The molecule has 3 heteroatoms. The number of halogens is 3. The molecule has 92 valence electrons. The summed E-state index contributed by atoms with van der Waals surface area (Å²) in [6, 6.07) is 11.7. The molecule has 0 unspecified atom stereocenters. The second kappa shape index (κ2) is 3.87. The molecule has 0 fully saturated rings. The Morgan fingerprint density at radius 1 is 0.778 bits per heavy atom. The van der Waals surface area contributed by atoms with Crippen molar-refractivity contribution >= 4 is 0 Å². The van der Waals surface area contributed by atoms with Gasteiger partial charge in [0.2, 0.25) is 0 Å². The summed E-state index contributed by atoms with van der Waals surface area (Å²) in [4.78, 5) is 0. The molecule has 0 spiro atoms. The van der Waals surface area contributed by atoms with E-state index in [4.69, 9.17) is 0 Å². The van der Waals surface area contributed by atoms with Gasteiger partial charge in [-0.15, -0.1) is 0 Å². The molecule has 0 N–H and O–H groups in total.